The molecular formula is C15H19N3O3S. The van der Waals surface area contributed by atoms with Crippen LogP contribution in [-0.4, -0.2) is 29.6 Å². The van der Waals surface area contributed by atoms with Crippen molar-refractivity contribution in [3.05, 3.63) is 28.3 Å². The van der Waals surface area contributed by atoms with Crippen LogP contribution in [-0.2, 0) is 0 Å². The molecule has 1 N–H and O–H groups in total. The van der Waals surface area contributed by atoms with E-state index in [1.54, 1.807) is 6.07 Å². The molecule has 118 valence electrons. The van der Waals surface area contributed by atoms with Gasteiger partial charge in [-0.3, -0.25) is 10.1 Å². The van der Waals surface area contributed by atoms with Crippen molar-refractivity contribution in [2.45, 2.75) is 25.7 Å². The second kappa shape index (κ2) is 7.02. The molecular weight excluding hydrogens is 302 g/mol. The molecule has 1 aliphatic rings. The van der Waals surface area contributed by atoms with Crippen LogP contribution in [0.2, 0.25) is 0 Å². The Balaban J connectivity index is 1.52. The average Bonchev–Trinajstić information content (AvgIpc) is 2.94. The predicted octanol–water partition coefficient (Wildman–Crippen LogP) is 3.36. The van der Waals surface area contributed by atoms with Crippen LogP contribution in [0.3, 0.4) is 0 Å². The number of piperidine rings is 1. The van der Waals surface area contributed by atoms with Gasteiger partial charge in [-0.25, -0.2) is 4.98 Å². The highest BCUT2D eigenvalue weighted by molar-refractivity contribution is 7.20. The fourth-order valence-corrected chi connectivity index (χ4v) is 3.59. The highest BCUT2D eigenvalue weighted by Gasteiger charge is 2.13. The Labute approximate surface area is 132 Å². The third kappa shape index (κ3) is 3.72. The molecule has 2 heterocycles. The van der Waals surface area contributed by atoms with Gasteiger partial charge in [0.15, 0.2) is 0 Å². The third-order valence-electron chi connectivity index (χ3n) is 3.94. The summed E-state index contributed by atoms with van der Waals surface area (Å²) in [6.07, 6.45) is 4.76. The molecule has 1 atom stereocenters. The van der Waals surface area contributed by atoms with E-state index in [1.807, 2.05) is 0 Å². The molecule has 3 rings (SSSR count). The van der Waals surface area contributed by atoms with E-state index in [9.17, 15) is 10.1 Å². The molecule has 7 heteroatoms. The third-order valence-corrected chi connectivity index (χ3v) is 4.89. The number of hydrogen-bond donors (Lipinski definition) is 1. The predicted molar refractivity (Wildman–Crippen MR) is 86.6 cm³/mol. The molecule has 0 saturated carbocycles. The molecule has 1 fully saturated rings. The first-order valence-electron chi connectivity index (χ1n) is 7.61. The fourth-order valence-electron chi connectivity index (χ4n) is 2.77. The van der Waals surface area contributed by atoms with E-state index in [4.69, 9.17) is 4.74 Å². The van der Waals surface area contributed by atoms with Crippen LogP contribution in [0.5, 0.6) is 5.19 Å². The van der Waals surface area contributed by atoms with E-state index in [-0.39, 0.29) is 5.69 Å². The standard InChI is InChI=1S/C15H19N3O3S/c19-18(20)12-5-6-14-13(9-12)17-15(22-14)21-8-2-4-11-3-1-7-16-10-11/h5-6,9,11,16H,1-4,7-8,10H2. The van der Waals surface area contributed by atoms with Crippen molar-refractivity contribution in [1.29, 1.82) is 0 Å². The molecule has 0 aliphatic carbocycles. The van der Waals surface area contributed by atoms with Gasteiger partial charge >= 0.3 is 0 Å². The maximum absolute atomic E-state index is 10.8. The number of nitrogens with one attached hydrogen (secondary N) is 1. The Morgan fingerprint density at radius 1 is 1.50 bits per heavy atom. The summed E-state index contributed by atoms with van der Waals surface area (Å²) in [5.74, 6) is 0.760. The van der Waals surface area contributed by atoms with Gasteiger partial charge < -0.3 is 10.1 Å². The van der Waals surface area contributed by atoms with Crippen molar-refractivity contribution in [2.75, 3.05) is 19.7 Å². The summed E-state index contributed by atoms with van der Waals surface area (Å²) in [7, 11) is 0. The van der Waals surface area contributed by atoms with Crippen molar-refractivity contribution in [2.24, 2.45) is 5.92 Å². The highest BCUT2D eigenvalue weighted by atomic mass is 32.1. The first-order valence-corrected chi connectivity index (χ1v) is 8.42. The number of thiazole rings is 1. The normalized spacial score (nSPS) is 18.5. The molecule has 1 aliphatic heterocycles. The van der Waals surface area contributed by atoms with E-state index in [0.29, 0.717) is 17.3 Å². The largest absolute Gasteiger partial charge is 0.470 e. The lowest BCUT2D eigenvalue weighted by Crippen LogP contribution is -2.29. The van der Waals surface area contributed by atoms with Gasteiger partial charge in [0.25, 0.3) is 10.9 Å². The zero-order valence-corrected chi connectivity index (χ0v) is 13.1. The smallest absolute Gasteiger partial charge is 0.274 e. The first kappa shape index (κ1) is 15.2. The fraction of sp³-hybridized carbons (Fsp3) is 0.533. The molecule has 1 aromatic heterocycles. The number of fused-ring (bicyclic) bond motifs is 1. The van der Waals surface area contributed by atoms with E-state index in [2.05, 4.69) is 10.3 Å². The van der Waals surface area contributed by atoms with Crippen molar-refractivity contribution in [1.82, 2.24) is 10.3 Å². The topological polar surface area (TPSA) is 77.3 Å². The molecule has 1 unspecified atom stereocenters. The zero-order chi connectivity index (χ0) is 15.4. The zero-order valence-electron chi connectivity index (χ0n) is 12.3. The van der Waals surface area contributed by atoms with E-state index in [1.165, 1.54) is 42.7 Å². The number of non-ortho nitro benzene ring substituents is 1. The van der Waals surface area contributed by atoms with Gasteiger partial charge in [-0.2, -0.15) is 0 Å². The number of nitro groups is 1. The lowest BCUT2D eigenvalue weighted by Gasteiger charge is -2.22. The Morgan fingerprint density at radius 3 is 3.18 bits per heavy atom. The molecule has 2 aromatic rings. The van der Waals surface area contributed by atoms with Gasteiger partial charge in [0.2, 0.25) is 0 Å². The van der Waals surface area contributed by atoms with Gasteiger partial charge in [0.1, 0.15) is 0 Å². The summed E-state index contributed by atoms with van der Waals surface area (Å²) in [6.45, 7) is 2.91. The molecule has 22 heavy (non-hydrogen) atoms. The van der Waals surface area contributed by atoms with Crippen LogP contribution in [0.4, 0.5) is 5.69 Å². The summed E-state index contributed by atoms with van der Waals surface area (Å²) in [5, 5.41) is 14.8. The molecule has 0 radical (unpaired) electrons. The number of nitrogens with zero attached hydrogens (tertiary/aromatic N) is 2. The number of ether oxygens (including phenoxy) is 1. The van der Waals surface area contributed by atoms with Gasteiger partial charge in [0.05, 0.1) is 21.7 Å². The summed E-state index contributed by atoms with van der Waals surface area (Å²) in [6, 6.07) is 4.72. The van der Waals surface area contributed by atoms with Gasteiger partial charge in [0, 0.05) is 12.1 Å². The number of benzene rings is 1. The minimum Gasteiger partial charge on any atom is -0.470 e. The molecule has 0 amide bonds. The Hall–Kier alpha value is -1.73. The Morgan fingerprint density at radius 2 is 2.41 bits per heavy atom. The monoisotopic (exact) mass is 321 g/mol. The van der Waals surface area contributed by atoms with Crippen molar-refractivity contribution in [3.63, 3.8) is 0 Å². The minimum atomic E-state index is -0.405. The van der Waals surface area contributed by atoms with Gasteiger partial charge in [-0.1, -0.05) is 11.3 Å². The molecule has 0 spiro atoms. The van der Waals surface area contributed by atoms with Crippen molar-refractivity contribution < 1.29 is 9.66 Å². The summed E-state index contributed by atoms with van der Waals surface area (Å²) >= 11 is 1.44. The first-order chi connectivity index (χ1) is 10.7. The van der Waals surface area contributed by atoms with Crippen molar-refractivity contribution in [3.8, 4) is 5.19 Å². The van der Waals surface area contributed by atoms with Gasteiger partial charge in [-0.15, -0.1) is 0 Å². The number of hydrogen-bond acceptors (Lipinski definition) is 6. The summed E-state index contributed by atoms with van der Waals surface area (Å²) < 4.78 is 6.61. The van der Waals surface area contributed by atoms with Crippen molar-refractivity contribution >= 4 is 27.2 Å². The minimum absolute atomic E-state index is 0.0640. The number of aromatic nitrogens is 1. The maximum Gasteiger partial charge on any atom is 0.274 e. The van der Waals surface area contributed by atoms with Crippen LogP contribution < -0.4 is 10.1 Å². The number of rotatable bonds is 6. The quantitative estimate of drug-likeness (QED) is 0.501. The van der Waals surface area contributed by atoms with Crippen LogP contribution in [0, 0.1) is 16.0 Å². The Bertz CT molecular complexity index is 653. The Kier molecular flexibility index (Phi) is 4.84. The average molecular weight is 321 g/mol. The second-order valence-electron chi connectivity index (χ2n) is 5.59. The highest BCUT2D eigenvalue weighted by Crippen LogP contribution is 2.30. The van der Waals surface area contributed by atoms with E-state index >= 15 is 0 Å². The van der Waals surface area contributed by atoms with Crippen LogP contribution >= 0.6 is 11.3 Å². The van der Waals surface area contributed by atoms with E-state index < -0.39 is 4.92 Å². The summed E-state index contributed by atoms with van der Waals surface area (Å²) in [5.41, 5.74) is 0.694. The second-order valence-corrected chi connectivity index (χ2v) is 6.59. The molecule has 1 saturated heterocycles. The maximum atomic E-state index is 10.8. The van der Waals surface area contributed by atoms with E-state index in [0.717, 1.165) is 30.1 Å². The lowest BCUT2D eigenvalue weighted by molar-refractivity contribution is -0.384. The number of nitro benzene ring substituents is 1. The summed E-state index contributed by atoms with van der Waals surface area (Å²) in [4.78, 5) is 14.7. The van der Waals surface area contributed by atoms with Crippen LogP contribution in [0.15, 0.2) is 18.2 Å². The molecule has 6 nitrogen and oxygen atoms in total. The van der Waals surface area contributed by atoms with Crippen LogP contribution in [0.25, 0.3) is 10.2 Å². The van der Waals surface area contributed by atoms with Gasteiger partial charge in [-0.05, 0) is 50.8 Å². The SMILES string of the molecule is O=[N+]([O-])c1ccc2sc(OCCCC3CCCNC3)nc2c1. The molecule has 1 aromatic carbocycles. The molecule has 0 bridgehead atoms. The lowest BCUT2D eigenvalue weighted by atomic mass is 9.95. The van der Waals surface area contributed by atoms with Crippen LogP contribution in [0.1, 0.15) is 25.7 Å².